The van der Waals surface area contributed by atoms with Gasteiger partial charge in [0.25, 0.3) is 0 Å². The summed E-state index contributed by atoms with van der Waals surface area (Å²) < 4.78 is 10.4. The Morgan fingerprint density at radius 1 is 0.840 bits per heavy atom. The van der Waals surface area contributed by atoms with Gasteiger partial charge in [-0.1, -0.05) is 50.6 Å². The van der Waals surface area contributed by atoms with E-state index in [0.29, 0.717) is 36.6 Å². The molecule has 4 nitrogen and oxygen atoms in total. The van der Waals surface area contributed by atoms with Crippen molar-refractivity contribution in [2.75, 3.05) is 6.61 Å². The summed E-state index contributed by atoms with van der Waals surface area (Å²) in [4.78, 5) is 23.3. The van der Waals surface area contributed by atoms with E-state index in [1.807, 2.05) is 0 Å². The second-order valence-electron chi connectivity index (χ2n) is 6.12. The van der Waals surface area contributed by atoms with Gasteiger partial charge in [0.2, 0.25) is 0 Å². The fraction of sp³-hybridized carbons (Fsp3) is 0.600. The van der Waals surface area contributed by atoms with Gasteiger partial charge in [-0.05, 0) is 43.5 Å². The Hall–Kier alpha value is -1.55. The Balaban J connectivity index is 1.97. The lowest BCUT2D eigenvalue weighted by Crippen LogP contribution is -2.08. The molecule has 1 aromatic rings. The van der Waals surface area contributed by atoms with Crippen LogP contribution in [0.4, 0.5) is 0 Å². The summed E-state index contributed by atoms with van der Waals surface area (Å²) in [7, 11) is 0. The van der Waals surface area contributed by atoms with E-state index >= 15 is 0 Å². The molecule has 0 radical (unpaired) electrons. The lowest BCUT2D eigenvalue weighted by atomic mass is 10.1. The molecular weight excluding hydrogens is 340 g/mol. The van der Waals surface area contributed by atoms with Crippen molar-refractivity contribution in [1.82, 2.24) is 0 Å². The van der Waals surface area contributed by atoms with Crippen molar-refractivity contribution in [2.24, 2.45) is 0 Å². The molecule has 0 saturated carbocycles. The topological polar surface area (TPSA) is 52.6 Å². The first-order valence-corrected chi connectivity index (χ1v) is 9.61. The van der Waals surface area contributed by atoms with Crippen LogP contribution in [0.5, 0.6) is 5.75 Å². The second-order valence-corrected chi connectivity index (χ2v) is 6.56. The Morgan fingerprint density at radius 2 is 1.44 bits per heavy atom. The van der Waals surface area contributed by atoms with Crippen LogP contribution >= 0.6 is 11.6 Å². The Morgan fingerprint density at radius 3 is 2.12 bits per heavy atom. The minimum atomic E-state index is -0.267. The number of rotatable bonds is 13. The van der Waals surface area contributed by atoms with Crippen LogP contribution in [0.1, 0.15) is 71.1 Å². The maximum absolute atomic E-state index is 11.7. The minimum absolute atomic E-state index is 0.140. The molecule has 0 unspecified atom stereocenters. The third kappa shape index (κ3) is 11.6. The zero-order chi connectivity index (χ0) is 18.3. The van der Waals surface area contributed by atoms with E-state index in [0.717, 1.165) is 25.7 Å². The molecule has 0 aromatic heterocycles. The summed E-state index contributed by atoms with van der Waals surface area (Å²) in [6.07, 6.45) is 8.75. The summed E-state index contributed by atoms with van der Waals surface area (Å²) in [5.74, 6) is 0.0909. The normalized spacial score (nSPS) is 10.5. The van der Waals surface area contributed by atoms with Crippen molar-refractivity contribution in [1.29, 1.82) is 0 Å². The fourth-order valence-corrected chi connectivity index (χ4v) is 2.49. The van der Waals surface area contributed by atoms with E-state index < -0.39 is 0 Å². The van der Waals surface area contributed by atoms with Crippen molar-refractivity contribution >= 4 is 23.5 Å². The van der Waals surface area contributed by atoms with Crippen LogP contribution in [0.15, 0.2) is 24.3 Å². The molecule has 0 atom stereocenters. The summed E-state index contributed by atoms with van der Waals surface area (Å²) >= 11 is 5.77. The SMILES string of the molecule is CCCCCCCOC(=O)CCCCCC(=O)Oc1ccc(Cl)cc1. The third-order valence-corrected chi connectivity index (χ3v) is 4.07. The molecule has 0 aliphatic heterocycles. The molecule has 0 fully saturated rings. The quantitative estimate of drug-likeness (QED) is 0.254. The van der Waals surface area contributed by atoms with E-state index in [4.69, 9.17) is 21.1 Å². The maximum Gasteiger partial charge on any atom is 0.311 e. The summed E-state index contributed by atoms with van der Waals surface area (Å²) in [6, 6.07) is 6.69. The number of halogens is 1. The number of benzene rings is 1. The van der Waals surface area contributed by atoms with Crippen LogP contribution in [0.3, 0.4) is 0 Å². The average Bonchev–Trinajstić information content (AvgIpc) is 2.59. The molecule has 1 rings (SSSR count). The highest BCUT2D eigenvalue weighted by Gasteiger charge is 2.06. The van der Waals surface area contributed by atoms with E-state index in [1.165, 1.54) is 19.3 Å². The first-order valence-electron chi connectivity index (χ1n) is 9.23. The van der Waals surface area contributed by atoms with Crippen molar-refractivity contribution in [3.05, 3.63) is 29.3 Å². The molecule has 0 bridgehead atoms. The number of ether oxygens (including phenoxy) is 2. The number of hydrogen-bond donors (Lipinski definition) is 0. The Kier molecular flexibility index (Phi) is 11.8. The molecule has 0 aliphatic carbocycles. The van der Waals surface area contributed by atoms with Crippen LogP contribution in [-0.4, -0.2) is 18.5 Å². The highest BCUT2D eigenvalue weighted by atomic mass is 35.5. The fourth-order valence-electron chi connectivity index (χ4n) is 2.36. The highest BCUT2D eigenvalue weighted by molar-refractivity contribution is 6.30. The molecule has 5 heteroatoms. The van der Waals surface area contributed by atoms with Crippen LogP contribution in [0.2, 0.25) is 5.02 Å². The van der Waals surface area contributed by atoms with Gasteiger partial charge in [0.1, 0.15) is 5.75 Å². The van der Waals surface area contributed by atoms with Gasteiger partial charge in [0, 0.05) is 17.9 Å². The number of esters is 2. The first-order chi connectivity index (χ1) is 12.1. The molecule has 0 N–H and O–H groups in total. The van der Waals surface area contributed by atoms with Crippen LogP contribution < -0.4 is 4.74 Å². The molecule has 0 heterocycles. The zero-order valence-electron chi connectivity index (χ0n) is 15.1. The van der Waals surface area contributed by atoms with Gasteiger partial charge in [-0.3, -0.25) is 9.59 Å². The molecule has 0 amide bonds. The Labute approximate surface area is 155 Å². The first kappa shape index (κ1) is 21.5. The van der Waals surface area contributed by atoms with Crippen LogP contribution in [0, 0.1) is 0 Å². The third-order valence-electron chi connectivity index (χ3n) is 3.82. The van der Waals surface area contributed by atoms with E-state index in [9.17, 15) is 9.59 Å². The predicted molar refractivity (Wildman–Crippen MR) is 99.9 cm³/mol. The lowest BCUT2D eigenvalue weighted by molar-refractivity contribution is -0.143. The van der Waals surface area contributed by atoms with Crippen molar-refractivity contribution in [3.63, 3.8) is 0 Å². The largest absolute Gasteiger partial charge is 0.466 e. The highest BCUT2D eigenvalue weighted by Crippen LogP contribution is 2.16. The monoisotopic (exact) mass is 368 g/mol. The molecule has 0 spiro atoms. The van der Waals surface area contributed by atoms with E-state index in [1.54, 1.807) is 24.3 Å². The van der Waals surface area contributed by atoms with Gasteiger partial charge >= 0.3 is 11.9 Å². The van der Waals surface area contributed by atoms with Crippen LogP contribution in [-0.2, 0) is 14.3 Å². The average molecular weight is 369 g/mol. The standard InChI is InChI=1S/C20H29ClO4/c1-2-3-4-5-9-16-24-19(22)10-7-6-8-11-20(23)25-18-14-12-17(21)13-15-18/h12-15H,2-11,16H2,1H3. The van der Waals surface area contributed by atoms with Gasteiger partial charge in [-0.25, -0.2) is 0 Å². The van der Waals surface area contributed by atoms with Gasteiger partial charge in [-0.2, -0.15) is 0 Å². The summed E-state index contributed by atoms with van der Waals surface area (Å²) in [5, 5.41) is 0.604. The van der Waals surface area contributed by atoms with Crippen molar-refractivity contribution < 1.29 is 19.1 Å². The second kappa shape index (κ2) is 13.7. The molecule has 0 aliphatic rings. The summed E-state index contributed by atoms with van der Waals surface area (Å²) in [6.45, 7) is 2.70. The molecule has 140 valence electrons. The molecule has 1 aromatic carbocycles. The van der Waals surface area contributed by atoms with Gasteiger partial charge in [0.15, 0.2) is 0 Å². The predicted octanol–water partition coefficient (Wildman–Crippen LogP) is 5.71. The number of carbonyl (C=O) groups excluding carboxylic acids is 2. The van der Waals surface area contributed by atoms with Gasteiger partial charge < -0.3 is 9.47 Å². The molecular formula is C20H29ClO4. The zero-order valence-corrected chi connectivity index (χ0v) is 15.9. The maximum atomic E-state index is 11.7. The molecule has 25 heavy (non-hydrogen) atoms. The Bertz CT molecular complexity index is 499. The van der Waals surface area contributed by atoms with E-state index in [-0.39, 0.29) is 11.9 Å². The number of unbranched alkanes of at least 4 members (excludes halogenated alkanes) is 6. The molecule has 0 saturated heterocycles. The lowest BCUT2D eigenvalue weighted by Gasteiger charge is -2.05. The number of carbonyl (C=O) groups is 2. The van der Waals surface area contributed by atoms with Crippen molar-refractivity contribution in [3.8, 4) is 5.75 Å². The van der Waals surface area contributed by atoms with Crippen LogP contribution in [0.25, 0.3) is 0 Å². The van der Waals surface area contributed by atoms with Crippen molar-refractivity contribution in [2.45, 2.75) is 71.1 Å². The number of hydrogen-bond acceptors (Lipinski definition) is 4. The minimum Gasteiger partial charge on any atom is -0.466 e. The van der Waals surface area contributed by atoms with E-state index in [2.05, 4.69) is 6.92 Å². The van der Waals surface area contributed by atoms with Gasteiger partial charge in [-0.15, -0.1) is 0 Å². The summed E-state index contributed by atoms with van der Waals surface area (Å²) in [5.41, 5.74) is 0. The smallest absolute Gasteiger partial charge is 0.311 e. The van der Waals surface area contributed by atoms with Gasteiger partial charge in [0.05, 0.1) is 6.61 Å².